The SMILES string of the molecule is CC.CC(C)c1cnc(-c2ccnn2C)nc1. The molecule has 0 saturated heterocycles. The van der Waals surface area contributed by atoms with Crippen LogP contribution in [0.1, 0.15) is 39.2 Å². The summed E-state index contributed by atoms with van der Waals surface area (Å²) in [6.45, 7) is 8.25. The van der Waals surface area contributed by atoms with E-state index in [0.717, 1.165) is 17.1 Å². The Labute approximate surface area is 103 Å². The van der Waals surface area contributed by atoms with Crippen LogP contribution in [-0.4, -0.2) is 19.7 Å². The van der Waals surface area contributed by atoms with Gasteiger partial charge in [0.05, 0.1) is 0 Å². The van der Waals surface area contributed by atoms with Crippen LogP contribution in [0.5, 0.6) is 0 Å². The number of hydrogen-bond donors (Lipinski definition) is 0. The molecule has 0 atom stereocenters. The second-order valence-electron chi connectivity index (χ2n) is 3.83. The summed E-state index contributed by atoms with van der Waals surface area (Å²) in [6, 6.07) is 1.91. The molecule has 0 aliphatic rings. The maximum Gasteiger partial charge on any atom is 0.177 e. The van der Waals surface area contributed by atoms with Crippen LogP contribution in [0, 0.1) is 0 Å². The average Bonchev–Trinajstić information content (AvgIpc) is 2.78. The number of aromatic nitrogens is 4. The Morgan fingerprint density at radius 1 is 1.12 bits per heavy atom. The first-order chi connectivity index (χ1) is 8.18. The second-order valence-corrected chi connectivity index (χ2v) is 3.83. The lowest BCUT2D eigenvalue weighted by Gasteiger charge is -2.05. The molecule has 2 heterocycles. The molecule has 0 unspecified atom stereocenters. The highest BCUT2D eigenvalue weighted by atomic mass is 15.3. The Bertz CT molecular complexity index is 443. The first-order valence-electron chi connectivity index (χ1n) is 5.99. The quantitative estimate of drug-likeness (QED) is 0.799. The highest BCUT2D eigenvalue weighted by Gasteiger charge is 2.06. The monoisotopic (exact) mass is 232 g/mol. The molecule has 2 aromatic rings. The van der Waals surface area contributed by atoms with E-state index in [1.807, 2.05) is 39.4 Å². The zero-order valence-corrected chi connectivity index (χ0v) is 11.2. The van der Waals surface area contributed by atoms with Gasteiger partial charge in [0.25, 0.3) is 0 Å². The van der Waals surface area contributed by atoms with E-state index < -0.39 is 0 Å². The number of hydrogen-bond acceptors (Lipinski definition) is 3. The van der Waals surface area contributed by atoms with Crippen molar-refractivity contribution in [2.24, 2.45) is 7.05 Å². The number of nitrogens with zero attached hydrogens (tertiary/aromatic N) is 4. The molecule has 0 aromatic carbocycles. The van der Waals surface area contributed by atoms with Gasteiger partial charge in [0.1, 0.15) is 5.69 Å². The lowest BCUT2D eigenvalue weighted by molar-refractivity contribution is 0.767. The van der Waals surface area contributed by atoms with Gasteiger partial charge < -0.3 is 0 Å². The summed E-state index contributed by atoms with van der Waals surface area (Å²) in [5, 5.41) is 4.09. The van der Waals surface area contributed by atoms with Crippen molar-refractivity contribution in [3.8, 4) is 11.5 Å². The average molecular weight is 232 g/mol. The summed E-state index contributed by atoms with van der Waals surface area (Å²) >= 11 is 0. The van der Waals surface area contributed by atoms with Crippen LogP contribution in [0.2, 0.25) is 0 Å². The van der Waals surface area contributed by atoms with Crippen LogP contribution in [0.15, 0.2) is 24.7 Å². The van der Waals surface area contributed by atoms with Gasteiger partial charge in [-0.05, 0) is 17.5 Å². The van der Waals surface area contributed by atoms with Crippen molar-refractivity contribution >= 4 is 0 Å². The molecule has 0 amide bonds. The lowest BCUT2D eigenvalue weighted by atomic mass is 10.1. The molecule has 0 spiro atoms. The van der Waals surface area contributed by atoms with Gasteiger partial charge in [-0.2, -0.15) is 5.10 Å². The van der Waals surface area contributed by atoms with Gasteiger partial charge in [-0.15, -0.1) is 0 Å². The molecule has 4 nitrogen and oxygen atoms in total. The maximum absolute atomic E-state index is 4.33. The molecule has 0 aliphatic heterocycles. The molecule has 17 heavy (non-hydrogen) atoms. The summed E-state index contributed by atoms with van der Waals surface area (Å²) in [6.07, 6.45) is 5.50. The highest BCUT2D eigenvalue weighted by molar-refractivity contribution is 5.48. The topological polar surface area (TPSA) is 43.6 Å². The van der Waals surface area contributed by atoms with Crippen LogP contribution >= 0.6 is 0 Å². The first-order valence-corrected chi connectivity index (χ1v) is 5.99. The predicted octanol–water partition coefficient (Wildman–Crippen LogP) is 3.03. The van der Waals surface area contributed by atoms with E-state index in [9.17, 15) is 0 Å². The second kappa shape index (κ2) is 6.13. The van der Waals surface area contributed by atoms with E-state index in [4.69, 9.17) is 0 Å². The molecular formula is C13H20N4. The normalized spacial score (nSPS) is 10.0. The fourth-order valence-electron chi connectivity index (χ4n) is 1.36. The van der Waals surface area contributed by atoms with Crippen molar-refractivity contribution in [2.75, 3.05) is 0 Å². The first kappa shape index (κ1) is 13.4. The van der Waals surface area contributed by atoms with Crippen LogP contribution in [0.4, 0.5) is 0 Å². The molecule has 2 aromatic heterocycles. The summed E-state index contributed by atoms with van der Waals surface area (Å²) in [7, 11) is 1.88. The standard InChI is InChI=1S/C11H14N4.C2H6/c1-8(2)9-6-12-11(13-7-9)10-4-5-14-15(10)3;1-2/h4-8H,1-3H3;1-2H3. The predicted molar refractivity (Wildman–Crippen MR) is 69.7 cm³/mol. The highest BCUT2D eigenvalue weighted by Crippen LogP contribution is 2.16. The van der Waals surface area contributed by atoms with Crippen LogP contribution in [0.3, 0.4) is 0 Å². The smallest absolute Gasteiger partial charge is 0.177 e. The fourth-order valence-corrected chi connectivity index (χ4v) is 1.36. The van der Waals surface area contributed by atoms with Crippen molar-refractivity contribution in [2.45, 2.75) is 33.6 Å². The Kier molecular flexibility index (Phi) is 4.82. The zero-order valence-electron chi connectivity index (χ0n) is 11.2. The summed E-state index contributed by atoms with van der Waals surface area (Å²) in [5.74, 6) is 1.19. The van der Waals surface area contributed by atoms with Crippen molar-refractivity contribution in [1.82, 2.24) is 19.7 Å². The van der Waals surface area contributed by atoms with Crippen molar-refractivity contribution in [3.05, 3.63) is 30.2 Å². The minimum Gasteiger partial charge on any atom is -0.265 e. The lowest BCUT2D eigenvalue weighted by Crippen LogP contribution is -1.99. The fraction of sp³-hybridized carbons (Fsp3) is 0.462. The Balaban J connectivity index is 0.000000686. The van der Waals surface area contributed by atoms with E-state index >= 15 is 0 Å². The van der Waals surface area contributed by atoms with E-state index in [0.29, 0.717) is 5.92 Å². The van der Waals surface area contributed by atoms with Crippen molar-refractivity contribution < 1.29 is 0 Å². The third-order valence-corrected chi connectivity index (χ3v) is 2.39. The molecule has 0 bridgehead atoms. The minimum absolute atomic E-state index is 0.464. The van der Waals surface area contributed by atoms with Gasteiger partial charge in [-0.3, -0.25) is 4.68 Å². The van der Waals surface area contributed by atoms with Gasteiger partial charge >= 0.3 is 0 Å². The van der Waals surface area contributed by atoms with Crippen LogP contribution in [-0.2, 0) is 7.05 Å². The largest absolute Gasteiger partial charge is 0.265 e. The van der Waals surface area contributed by atoms with Gasteiger partial charge in [0, 0.05) is 25.6 Å². The zero-order chi connectivity index (χ0) is 12.8. The third kappa shape index (κ3) is 3.12. The summed E-state index contributed by atoms with van der Waals surface area (Å²) in [4.78, 5) is 8.66. The molecule has 0 fully saturated rings. The van der Waals surface area contributed by atoms with E-state index in [2.05, 4.69) is 28.9 Å². The van der Waals surface area contributed by atoms with Crippen LogP contribution < -0.4 is 0 Å². The maximum atomic E-state index is 4.33. The van der Waals surface area contributed by atoms with Gasteiger partial charge in [-0.1, -0.05) is 27.7 Å². The van der Waals surface area contributed by atoms with Crippen molar-refractivity contribution in [1.29, 1.82) is 0 Å². The molecule has 0 aliphatic carbocycles. The van der Waals surface area contributed by atoms with Gasteiger partial charge in [0.15, 0.2) is 5.82 Å². The Morgan fingerprint density at radius 3 is 2.12 bits per heavy atom. The van der Waals surface area contributed by atoms with E-state index in [1.54, 1.807) is 10.9 Å². The molecule has 4 heteroatoms. The van der Waals surface area contributed by atoms with Crippen molar-refractivity contribution in [3.63, 3.8) is 0 Å². The third-order valence-electron chi connectivity index (χ3n) is 2.39. The Morgan fingerprint density at radius 2 is 1.71 bits per heavy atom. The minimum atomic E-state index is 0.464. The van der Waals surface area contributed by atoms with Gasteiger partial charge in [0.2, 0.25) is 0 Å². The molecule has 92 valence electrons. The number of rotatable bonds is 2. The molecule has 0 N–H and O–H groups in total. The summed E-state index contributed by atoms with van der Waals surface area (Å²) in [5.41, 5.74) is 2.09. The molecule has 0 radical (unpaired) electrons. The van der Waals surface area contributed by atoms with E-state index in [1.165, 1.54) is 0 Å². The van der Waals surface area contributed by atoms with E-state index in [-0.39, 0.29) is 0 Å². The van der Waals surface area contributed by atoms with Crippen LogP contribution in [0.25, 0.3) is 11.5 Å². The molecular weight excluding hydrogens is 212 g/mol. The number of aryl methyl sites for hydroxylation is 1. The summed E-state index contributed by atoms with van der Waals surface area (Å²) < 4.78 is 1.77. The van der Waals surface area contributed by atoms with Gasteiger partial charge in [-0.25, -0.2) is 9.97 Å². The molecule has 2 rings (SSSR count). The Hall–Kier alpha value is -1.71. The molecule has 0 saturated carbocycles.